The number of hydrogen-bond donors (Lipinski definition) is 1. The van der Waals surface area contributed by atoms with Crippen molar-refractivity contribution in [2.24, 2.45) is 0 Å². The maximum Gasteiger partial charge on any atom is 0.412 e. The molecule has 1 N–H and O–H groups in total. The van der Waals surface area contributed by atoms with Crippen molar-refractivity contribution in [2.75, 3.05) is 0 Å². The van der Waals surface area contributed by atoms with Crippen LogP contribution in [0.1, 0.15) is 0 Å². The fourth-order valence-electron chi connectivity index (χ4n) is 0.0445. The molecular formula is C3H3FO3. The van der Waals surface area contributed by atoms with Gasteiger partial charge in [-0.3, -0.25) is 0 Å². The van der Waals surface area contributed by atoms with Crippen molar-refractivity contribution in [3.8, 4) is 0 Å². The zero-order chi connectivity index (χ0) is 5.86. The second-order valence-electron chi connectivity index (χ2n) is 0.811. The highest BCUT2D eigenvalue weighted by Gasteiger charge is 2.03. The average Bonchev–Trinajstić information content (AvgIpc) is 1.65. The Morgan fingerprint density at radius 1 is 1.86 bits per heavy atom. The summed E-state index contributed by atoms with van der Waals surface area (Å²) in [6.07, 6.45) is 0. The quantitative estimate of drug-likeness (QED) is 0.390. The molecule has 0 atom stereocenters. The average molecular weight is 106 g/mol. The molecular weight excluding hydrogens is 103 g/mol. The SMILES string of the molecule is C=C(O)C(=O)OF. The lowest BCUT2D eigenvalue weighted by Crippen LogP contribution is -1.98. The van der Waals surface area contributed by atoms with Crippen molar-refractivity contribution in [1.29, 1.82) is 0 Å². The summed E-state index contributed by atoms with van der Waals surface area (Å²) in [4.78, 5) is 12.1. The van der Waals surface area contributed by atoms with Gasteiger partial charge in [-0.25, -0.2) is 9.74 Å². The summed E-state index contributed by atoms with van der Waals surface area (Å²) in [6, 6.07) is 0. The van der Waals surface area contributed by atoms with Gasteiger partial charge in [0.1, 0.15) is 0 Å². The van der Waals surface area contributed by atoms with Crippen LogP contribution in [0, 0.1) is 0 Å². The second-order valence-corrected chi connectivity index (χ2v) is 0.811. The van der Waals surface area contributed by atoms with Crippen LogP contribution in [-0.2, 0) is 9.74 Å². The van der Waals surface area contributed by atoms with E-state index >= 15 is 0 Å². The fourth-order valence-corrected chi connectivity index (χ4v) is 0.0445. The molecule has 40 valence electrons. The topological polar surface area (TPSA) is 46.5 Å². The largest absolute Gasteiger partial charge is 0.502 e. The summed E-state index contributed by atoms with van der Waals surface area (Å²) in [6.45, 7) is 2.67. The van der Waals surface area contributed by atoms with E-state index in [9.17, 15) is 9.32 Å². The molecule has 0 bridgehead atoms. The minimum atomic E-state index is -1.46. The molecule has 0 aliphatic rings. The van der Waals surface area contributed by atoms with Crippen LogP contribution in [0.5, 0.6) is 0 Å². The van der Waals surface area contributed by atoms with Gasteiger partial charge in [0.05, 0.1) is 0 Å². The molecule has 0 aromatic carbocycles. The Morgan fingerprint density at radius 2 is 2.29 bits per heavy atom. The Morgan fingerprint density at radius 3 is 2.29 bits per heavy atom. The number of carbonyl (C=O) groups is 1. The maximum absolute atomic E-state index is 10.6. The molecule has 7 heavy (non-hydrogen) atoms. The van der Waals surface area contributed by atoms with Crippen LogP contribution < -0.4 is 0 Å². The number of aliphatic hydroxyl groups is 1. The van der Waals surface area contributed by atoms with Crippen molar-refractivity contribution in [2.45, 2.75) is 0 Å². The molecule has 0 saturated heterocycles. The number of aliphatic hydroxyl groups excluding tert-OH is 1. The van der Waals surface area contributed by atoms with E-state index in [0.717, 1.165) is 0 Å². The minimum Gasteiger partial charge on any atom is -0.502 e. The smallest absolute Gasteiger partial charge is 0.412 e. The van der Waals surface area contributed by atoms with Gasteiger partial charge in [0, 0.05) is 4.53 Å². The molecule has 0 aromatic rings. The van der Waals surface area contributed by atoms with E-state index in [1.54, 1.807) is 0 Å². The van der Waals surface area contributed by atoms with Gasteiger partial charge < -0.3 is 5.11 Å². The van der Waals surface area contributed by atoms with Gasteiger partial charge in [0.2, 0.25) is 0 Å². The monoisotopic (exact) mass is 106 g/mol. The maximum atomic E-state index is 10.6. The number of rotatable bonds is 1. The lowest BCUT2D eigenvalue weighted by molar-refractivity contribution is -0.181. The summed E-state index contributed by atoms with van der Waals surface area (Å²) >= 11 is 0. The van der Waals surface area contributed by atoms with Crippen LogP contribution >= 0.6 is 0 Å². The molecule has 0 unspecified atom stereocenters. The Balaban J connectivity index is 3.58. The van der Waals surface area contributed by atoms with E-state index in [1.165, 1.54) is 0 Å². The van der Waals surface area contributed by atoms with E-state index in [-0.39, 0.29) is 0 Å². The summed E-state index contributed by atoms with van der Waals surface area (Å²) in [5, 5.41) is 7.91. The zero-order valence-electron chi connectivity index (χ0n) is 3.35. The van der Waals surface area contributed by atoms with Crippen LogP contribution in [0.2, 0.25) is 0 Å². The third-order valence-electron chi connectivity index (χ3n) is 0.306. The van der Waals surface area contributed by atoms with Gasteiger partial charge >= 0.3 is 5.97 Å². The number of halogens is 1. The third kappa shape index (κ3) is 1.75. The van der Waals surface area contributed by atoms with Crippen molar-refractivity contribution < 1.29 is 19.4 Å². The van der Waals surface area contributed by atoms with E-state index in [0.29, 0.717) is 0 Å². The first kappa shape index (κ1) is 5.94. The Labute approximate surface area is 38.9 Å². The van der Waals surface area contributed by atoms with Gasteiger partial charge in [0.25, 0.3) is 0 Å². The Bertz CT molecular complexity index is 98.4. The number of hydrogen-bond acceptors (Lipinski definition) is 3. The van der Waals surface area contributed by atoms with Gasteiger partial charge in [0.15, 0.2) is 5.76 Å². The highest BCUT2D eigenvalue weighted by atomic mass is 19.3. The lowest BCUT2D eigenvalue weighted by Gasteiger charge is -1.84. The Hall–Kier alpha value is -1.06. The highest BCUT2D eigenvalue weighted by molar-refractivity contribution is 5.84. The predicted octanol–water partition coefficient (Wildman–Crippen LogP) is 0.486. The third-order valence-corrected chi connectivity index (χ3v) is 0.306. The van der Waals surface area contributed by atoms with Crippen LogP contribution in [-0.4, -0.2) is 11.1 Å². The van der Waals surface area contributed by atoms with Crippen molar-refractivity contribution in [1.82, 2.24) is 0 Å². The normalized spacial score (nSPS) is 7.57. The minimum absolute atomic E-state index is 0.942. The van der Waals surface area contributed by atoms with Crippen molar-refractivity contribution in [3.63, 3.8) is 0 Å². The molecule has 0 saturated carbocycles. The molecule has 0 radical (unpaired) electrons. The van der Waals surface area contributed by atoms with Crippen LogP contribution in [0.25, 0.3) is 0 Å². The first-order valence-electron chi connectivity index (χ1n) is 1.39. The van der Waals surface area contributed by atoms with Crippen LogP contribution in [0.4, 0.5) is 4.53 Å². The van der Waals surface area contributed by atoms with E-state index in [2.05, 4.69) is 11.5 Å². The highest BCUT2D eigenvalue weighted by Crippen LogP contribution is 1.86. The zero-order valence-corrected chi connectivity index (χ0v) is 3.35. The summed E-state index contributed by atoms with van der Waals surface area (Å²) < 4.78 is 10.6. The summed E-state index contributed by atoms with van der Waals surface area (Å²) in [7, 11) is 0. The summed E-state index contributed by atoms with van der Waals surface area (Å²) in [5.74, 6) is -2.40. The molecule has 0 aromatic heterocycles. The van der Waals surface area contributed by atoms with Crippen molar-refractivity contribution >= 4 is 5.97 Å². The lowest BCUT2D eigenvalue weighted by atomic mass is 10.6. The molecule has 0 rings (SSSR count). The molecule has 0 aliphatic heterocycles. The molecule has 0 amide bonds. The van der Waals surface area contributed by atoms with Gasteiger partial charge in [-0.2, -0.15) is 0 Å². The second kappa shape index (κ2) is 2.17. The first-order chi connectivity index (χ1) is 3.18. The standard InChI is InChI=1S/C3H3FO3/c1-2(5)3(6)7-4/h5H,1H2. The molecule has 0 heterocycles. The summed E-state index contributed by atoms with van der Waals surface area (Å²) in [5.41, 5.74) is 0. The molecule has 0 spiro atoms. The molecule has 3 nitrogen and oxygen atoms in total. The van der Waals surface area contributed by atoms with Crippen molar-refractivity contribution in [3.05, 3.63) is 12.3 Å². The van der Waals surface area contributed by atoms with Crippen LogP contribution in [0.3, 0.4) is 0 Å². The molecule has 0 aliphatic carbocycles. The molecule has 4 heteroatoms. The first-order valence-corrected chi connectivity index (χ1v) is 1.39. The van der Waals surface area contributed by atoms with Gasteiger partial charge in [-0.1, -0.05) is 0 Å². The Kier molecular flexibility index (Phi) is 1.84. The molecule has 0 fully saturated rings. The van der Waals surface area contributed by atoms with E-state index in [4.69, 9.17) is 5.11 Å². The fraction of sp³-hybridized carbons (Fsp3) is 0. The van der Waals surface area contributed by atoms with E-state index < -0.39 is 11.7 Å². The van der Waals surface area contributed by atoms with E-state index in [1.807, 2.05) is 0 Å². The number of carbonyl (C=O) groups excluding carboxylic acids is 1. The predicted molar refractivity (Wildman–Crippen MR) is 19.0 cm³/mol. The van der Waals surface area contributed by atoms with Gasteiger partial charge in [-0.05, 0) is 6.58 Å². The van der Waals surface area contributed by atoms with Gasteiger partial charge in [-0.15, -0.1) is 0 Å². The van der Waals surface area contributed by atoms with Crippen LogP contribution in [0.15, 0.2) is 12.3 Å².